The lowest BCUT2D eigenvalue weighted by Gasteiger charge is -2.40. The first kappa shape index (κ1) is 11.5. The van der Waals surface area contributed by atoms with Gasteiger partial charge in [-0.25, -0.2) is 0 Å². The Hall–Kier alpha value is -0.570. The van der Waals surface area contributed by atoms with Crippen molar-refractivity contribution in [3.8, 4) is 0 Å². The summed E-state index contributed by atoms with van der Waals surface area (Å²) in [6.07, 6.45) is 1.00. The quantitative estimate of drug-likeness (QED) is 0.654. The molecule has 0 spiro atoms. The second kappa shape index (κ2) is 3.89. The molecule has 1 fully saturated rings. The van der Waals surface area contributed by atoms with Gasteiger partial charge in [-0.15, -0.1) is 0 Å². The van der Waals surface area contributed by atoms with E-state index in [4.69, 9.17) is 9.47 Å². The fourth-order valence-electron chi connectivity index (χ4n) is 1.22. The standard InChI is InChI=1S/C11H20O3/c1-5-11(6-13-7-11)8-14-9(12)10(2,3)4/h5-8H2,1-4H3. The molecule has 3 nitrogen and oxygen atoms in total. The highest BCUT2D eigenvalue weighted by Crippen LogP contribution is 2.32. The minimum Gasteiger partial charge on any atom is -0.465 e. The molecule has 1 aliphatic rings. The third kappa shape index (κ3) is 2.47. The summed E-state index contributed by atoms with van der Waals surface area (Å²) in [6, 6.07) is 0. The maximum absolute atomic E-state index is 11.5. The first-order chi connectivity index (χ1) is 6.40. The lowest BCUT2D eigenvalue weighted by atomic mass is 9.84. The van der Waals surface area contributed by atoms with E-state index in [0.717, 1.165) is 19.6 Å². The molecule has 1 saturated heterocycles. The fraction of sp³-hybridized carbons (Fsp3) is 0.909. The molecule has 1 aliphatic heterocycles. The molecule has 0 amide bonds. The van der Waals surface area contributed by atoms with Crippen molar-refractivity contribution in [2.24, 2.45) is 10.8 Å². The van der Waals surface area contributed by atoms with E-state index in [1.807, 2.05) is 20.8 Å². The van der Waals surface area contributed by atoms with E-state index in [1.54, 1.807) is 0 Å². The predicted molar refractivity (Wildman–Crippen MR) is 54.0 cm³/mol. The van der Waals surface area contributed by atoms with Crippen LogP contribution in [-0.4, -0.2) is 25.8 Å². The molecule has 3 heteroatoms. The summed E-state index contributed by atoms with van der Waals surface area (Å²) >= 11 is 0. The van der Waals surface area contributed by atoms with Crippen LogP contribution in [0.25, 0.3) is 0 Å². The highest BCUT2D eigenvalue weighted by Gasteiger charge is 2.39. The molecule has 0 unspecified atom stereocenters. The molecule has 1 heterocycles. The van der Waals surface area contributed by atoms with E-state index < -0.39 is 5.41 Å². The van der Waals surface area contributed by atoms with Crippen molar-refractivity contribution in [1.29, 1.82) is 0 Å². The van der Waals surface area contributed by atoms with Crippen molar-refractivity contribution in [2.45, 2.75) is 34.1 Å². The van der Waals surface area contributed by atoms with Gasteiger partial charge in [-0.3, -0.25) is 4.79 Å². The van der Waals surface area contributed by atoms with E-state index in [2.05, 4.69) is 6.92 Å². The van der Waals surface area contributed by atoms with E-state index in [9.17, 15) is 4.79 Å². The van der Waals surface area contributed by atoms with Gasteiger partial charge in [0.1, 0.15) is 6.61 Å². The minimum absolute atomic E-state index is 0.0981. The highest BCUT2D eigenvalue weighted by atomic mass is 16.5. The van der Waals surface area contributed by atoms with Crippen molar-refractivity contribution in [3.05, 3.63) is 0 Å². The average Bonchev–Trinajstić information content (AvgIpc) is 2.01. The van der Waals surface area contributed by atoms with Crippen molar-refractivity contribution in [2.75, 3.05) is 19.8 Å². The van der Waals surface area contributed by atoms with Crippen LogP contribution in [0, 0.1) is 10.8 Å². The molecule has 0 radical (unpaired) electrons. The average molecular weight is 200 g/mol. The van der Waals surface area contributed by atoms with E-state index in [-0.39, 0.29) is 11.4 Å². The SMILES string of the molecule is CCC1(COC(=O)C(C)(C)C)COC1. The number of esters is 1. The minimum atomic E-state index is -0.403. The zero-order chi connectivity index (χ0) is 10.8. The summed E-state index contributed by atoms with van der Waals surface area (Å²) in [5.74, 6) is -0.128. The summed E-state index contributed by atoms with van der Waals surface area (Å²) in [5, 5.41) is 0. The number of hydrogen-bond donors (Lipinski definition) is 0. The molecule has 0 saturated carbocycles. The molecule has 0 aliphatic carbocycles. The molecule has 0 aromatic rings. The number of ether oxygens (including phenoxy) is 2. The number of carbonyl (C=O) groups excluding carboxylic acids is 1. The molecule has 0 atom stereocenters. The predicted octanol–water partition coefficient (Wildman–Crippen LogP) is 2.00. The molecule has 0 N–H and O–H groups in total. The van der Waals surface area contributed by atoms with Gasteiger partial charge in [0.15, 0.2) is 0 Å². The lowest BCUT2D eigenvalue weighted by molar-refractivity contribution is -0.177. The Morgan fingerprint density at radius 3 is 2.29 bits per heavy atom. The van der Waals surface area contributed by atoms with Crippen LogP contribution >= 0.6 is 0 Å². The van der Waals surface area contributed by atoms with E-state index in [0.29, 0.717) is 6.61 Å². The van der Waals surface area contributed by atoms with Gasteiger partial charge >= 0.3 is 5.97 Å². The van der Waals surface area contributed by atoms with Crippen molar-refractivity contribution in [3.63, 3.8) is 0 Å². The van der Waals surface area contributed by atoms with Crippen molar-refractivity contribution < 1.29 is 14.3 Å². The Labute approximate surface area is 85.8 Å². The van der Waals surface area contributed by atoms with Gasteiger partial charge in [0.25, 0.3) is 0 Å². The van der Waals surface area contributed by atoms with E-state index >= 15 is 0 Å². The van der Waals surface area contributed by atoms with Crippen LogP contribution in [0.4, 0.5) is 0 Å². The van der Waals surface area contributed by atoms with Crippen molar-refractivity contribution >= 4 is 5.97 Å². The van der Waals surface area contributed by atoms with Gasteiger partial charge in [-0.05, 0) is 27.2 Å². The summed E-state index contributed by atoms with van der Waals surface area (Å²) in [4.78, 5) is 11.5. The fourth-order valence-corrected chi connectivity index (χ4v) is 1.22. The monoisotopic (exact) mass is 200 g/mol. The Kier molecular flexibility index (Phi) is 3.20. The van der Waals surface area contributed by atoms with Crippen LogP contribution in [0.2, 0.25) is 0 Å². The van der Waals surface area contributed by atoms with Gasteiger partial charge in [0.2, 0.25) is 0 Å². The zero-order valence-electron chi connectivity index (χ0n) is 9.55. The van der Waals surface area contributed by atoms with Gasteiger partial charge < -0.3 is 9.47 Å². The summed E-state index contributed by atoms with van der Waals surface area (Å²) < 4.78 is 10.4. The lowest BCUT2D eigenvalue weighted by Crippen LogP contribution is -2.46. The first-order valence-corrected chi connectivity index (χ1v) is 5.15. The highest BCUT2D eigenvalue weighted by molar-refractivity contribution is 5.75. The smallest absolute Gasteiger partial charge is 0.311 e. The topological polar surface area (TPSA) is 35.5 Å². The Morgan fingerprint density at radius 1 is 1.43 bits per heavy atom. The molecule has 0 bridgehead atoms. The molecule has 0 aromatic carbocycles. The zero-order valence-corrected chi connectivity index (χ0v) is 9.55. The Morgan fingerprint density at radius 2 is 2.00 bits per heavy atom. The number of rotatable bonds is 3. The third-order valence-corrected chi connectivity index (χ3v) is 2.69. The molecular weight excluding hydrogens is 180 g/mol. The van der Waals surface area contributed by atoms with Crippen molar-refractivity contribution in [1.82, 2.24) is 0 Å². The van der Waals surface area contributed by atoms with Gasteiger partial charge in [0, 0.05) is 0 Å². The summed E-state index contributed by atoms with van der Waals surface area (Å²) in [5.41, 5.74) is -0.305. The molecule has 0 aromatic heterocycles. The van der Waals surface area contributed by atoms with Crippen LogP contribution in [0.5, 0.6) is 0 Å². The molecule has 1 rings (SSSR count). The first-order valence-electron chi connectivity index (χ1n) is 5.15. The summed E-state index contributed by atoms with van der Waals surface area (Å²) in [6.45, 7) is 9.65. The van der Waals surface area contributed by atoms with Crippen LogP contribution in [-0.2, 0) is 14.3 Å². The molecule has 82 valence electrons. The summed E-state index contributed by atoms with van der Waals surface area (Å²) in [7, 11) is 0. The maximum atomic E-state index is 11.5. The van der Waals surface area contributed by atoms with Crippen LogP contribution in [0.1, 0.15) is 34.1 Å². The second-order valence-electron chi connectivity index (χ2n) is 5.17. The van der Waals surface area contributed by atoms with Crippen LogP contribution in [0.15, 0.2) is 0 Å². The third-order valence-electron chi connectivity index (χ3n) is 2.69. The van der Waals surface area contributed by atoms with Crippen LogP contribution in [0.3, 0.4) is 0 Å². The molecular formula is C11H20O3. The largest absolute Gasteiger partial charge is 0.465 e. The van der Waals surface area contributed by atoms with Crippen LogP contribution < -0.4 is 0 Å². The van der Waals surface area contributed by atoms with Gasteiger partial charge in [-0.1, -0.05) is 6.92 Å². The Balaban J connectivity index is 2.36. The number of carbonyl (C=O) groups is 1. The maximum Gasteiger partial charge on any atom is 0.311 e. The molecule has 14 heavy (non-hydrogen) atoms. The van der Waals surface area contributed by atoms with Gasteiger partial charge in [-0.2, -0.15) is 0 Å². The van der Waals surface area contributed by atoms with Gasteiger partial charge in [0.05, 0.1) is 24.0 Å². The number of hydrogen-bond acceptors (Lipinski definition) is 3. The van der Waals surface area contributed by atoms with E-state index in [1.165, 1.54) is 0 Å². The Bertz CT molecular complexity index is 206. The normalized spacial score (nSPS) is 20.0. The second-order valence-corrected chi connectivity index (χ2v) is 5.17.